The van der Waals surface area contributed by atoms with Crippen molar-refractivity contribution in [2.24, 2.45) is 5.92 Å². The Hall–Kier alpha value is -2.11. The Morgan fingerprint density at radius 1 is 1.35 bits per heavy atom. The molecule has 0 bridgehead atoms. The van der Waals surface area contributed by atoms with Gasteiger partial charge in [-0.1, -0.05) is 13.3 Å². The van der Waals surface area contributed by atoms with Gasteiger partial charge in [0.15, 0.2) is 0 Å². The monoisotopic (exact) mass is 321 g/mol. The van der Waals surface area contributed by atoms with Crippen molar-refractivity contribution in [3.63, 3.8) is 0 Å². The van der Waals surface area contributed by atoms with Gasteiger partial charge in [-0.05, 0) is 32.4 Å². The van der Waals surface area contributed by atoms with E-state index in [1.807, 2.05) is 6.92 Å². The van der Waals surface area contributed by atoms with E-state index in [0.717, 1.165) is 12.8 Å². The van der Waals surface area contributed by atoms with Gasteiger partial charge < -0.3 is 9.15 Å². The quantitative estimate of drug-likeness (QED) is 0.457. The molecule has 1 aliphatic rings. The first-order valence-electron chi connectivity index (χ1n) is 8.06. The molecule has 0 aliphatic carbocycles. The van der Waals surface area contributed by atoms with Crippen molar-refractivity contribution in [2.45, 2.75) is 46.0 Å². The summed E-state index contributed by atoms with van der Waals surface area (Å²) in [7, 11) is 0. The number of amides is 2. The number of ether oxygens (including phenoxy) is 1. The number of rotatable bonds is 6. The lowest BCUT2D eigenvalue weighted by Gasteiger charge is -2.34. The minimum atomic E-state index is -1.02. The van der Waals surface area contributed by atoms with Gasteiger partial charge in [0, 0.05) is 18.9 Å². The molecule has 23 heavy (non-hydrogen) atoms. The molecule has 6 nitrogen and oxygen atoms in total. The number of hydrogen-bond acceptors (Lipinski definition) is 5. The third-order valence-corrected chi connectivity index (χ3v) is 4.03. The maximum absolute atomic E-state index is 12.7. The fraction of sp³-hybridized carbons (Fsp3) is 0.588. The predicted octanol–water partition coefficient (Wildman–Crippen LogP) is 2.41. The number of imide groups is 1. The summed E-state index contributed by atoms with van der Waals surface area (Å²) in [5.74, 6) is -1.79. The molecule has 1 saturated heterocycles. The van der Waals surface area contributed by atoms with Crippen molar-refractivity contribution in [1.82, 2.24) is 4.90 Å². The van der Waals surface area contributed by atoms with Gasteiger partial charge in [-0.15, -0.1) is 0 Å². The number of carbonyl (C=O) groups excluding carboxylic acids is 3. The second-order valence-corrected chi connectivity index (χ2v) is 5.73. The summed E-state index contributed by atoms with van der Waals surface area (Å²) in [5.41, 5.74) is 0. The lowest BCUT2D eigenvalue weighted by molar-refractivity contribution is -0.163. The van der Waals surface area contributed by atoms with Crippen LogP contribution in [0.5, 0.6) is 0 Å². The van der Waals surface area contributed by atoms with E-state index >= 15 is 0 Å². The van der Waals surface area contributed by atoms with Gasteiger partial charge in [0.05, 0.1) is 6.61 Å². The fourth-order valence-corrected chi connectivity index (χ4v) is 2.84. The lowest BCUT2D eigenvalue weighted by atomic mass is 9.82. The van der Waals surface area contributed by atoms with Gasteiger partial charge in [0.2, 0.25) is 11.8 Å². The van der Waals surface area contributed by atoms with Crippen molar-refractivity contribution in [3.05, 3.63) is 23.7 Å². The molecular weight excluding hydrogens is 298 g/mol. The zero-order chi connectivity index (χ0) is 17.0. The van der Waals surface area contributed by atoms with E-state index in [1.54, 1.807) is 26.0 Å². The van der Waals surface area contributed by atoms with Gasteiger partial charge in [0.25, 0.3) is 0 Å². The first kappa shape index (κ1) is 17.2. The highest BCUT2D eigenvalue weighted by molar-refractivity contribution is 6.08. The molecule has 2 amide bonds. The standard InChI is InChI=1S/C17H23NO5/c1-4-6-9-18-14(19)10-12(13-8-7-11(3)23-13)15(16(18)20)17(21)22-5-2/h7-8,12,15H,4-6,9-10H2,1-3H3. The molecule has 0 radical (unpaired) electrons. The van der Waals surface area contributed by atoms with Gasteiger partial charge >= 0.3 is 5.97 Å². The first-order valence-corrected chi connectivity index (χ1v) is 8.06. The van der Waals surface area contributed by atoms with E-state index in [2.05, 4.69) is 0 Å². The van der Waals surface area contributed by atoms with E-state index < -0.39 is 23.7 Å². The Bertz CT molecular complexity index is 592. The van der Waals surface area contributed by atoms with Crippen LogP contribution in [0.15, 0.2) is 16.5 Å². The smallest absolute Gasteiger partial charge is 0.319 e. The van der Waals surface area contributed by atoms with Crippen LogP contribution in [0, 0.1) is 12.8 Å². The Kier molecular flexibility index (Phi) is 5.58. The zero-order valence-electron chi connectivity index (χ0n) is 13.8. The SMILES string of the molecule is CCCCN1C(=O)CC(c2ccc(C)o2)C(C(=O)OCC)C1=O. The van der Waals surface area contributed by atoms with Crippen LogP contribution in [0.2, 0.25) is 0 Å². The normalized spacial score (nSPS) is 21.6. The molecule has 2 atom stereocenters. The summed E-state index contributed by atoms with van der Waals surface area (Å²) in [4.78, 5) is 38.5. The molecule has 1 aromatic heterocycles. The molecule has 1 aromatic rings. The number of hydrogen-bond donors (Lipinski definition) is 0. The third kappa shape index (κ3) is 3.63. The maximum atomic E-state index is 12.7. The highest BCUT2D eigenvalue weighted by atomic mass is 16.5. The van der Waals surface area contributed by atoms with Gasteiger partial charge in [-0.25, -0.2) is 0 Å². The number of likely N-dealkylation sites (tertiary alicyclic amines) is 1. The molecule has 1 aliphatic heterocycles. The highest BCUT2D eigenvalue weighted by Crippen LogP contribution is 2.36. The molecule has 0 saturated carbocycles. The molecule has 6 heteroatoms. The van der Waals surface area contributed by atoms with Crippen LogP contribution in [-0.2, 0) is 19.1 Å². The average Bonchev–Trinajstić information content (AvgIpc) is 2.93. The summed E-state index contributed by atoms with van der Waals surface area (Å²) < 4.78 is 10.6. The summed E-state index contributed by atoms with van der Waals surface area (Å²) in [6, 6.07) is 3.48. The number of piperidine rings is 1. The number of aryl methyl sites for hydroxylation is 1. The van der Waals surface area contributed by atoms with Crippen molar-refractivity contribution >= 4 is 17.8 Å². The Morgan fingerprint density at radius 2 is 2.09 bits per heavy atom. The number of furan rings is 1. The predicted molar refractivity (Wildman–Crippen MR) is 82.6 cm³/mol. The van der Waals surface area contributed by atoms with Crippen LogP contribution in [-0.4, -0.2) is 35.8 Å². The third-order valence-electron chi connectivity index (χ3n) is 4.03. The summed E-state index contributed by atoms with van der Waals surface area (Å²) in [5, 5.41) is 0. The largest absolute Gasteiger partial charge is 0.466 e. The number of esters is 1. The molecule has 0 spiro atoms. The van der Waals surface area contributed by atoms with E-state index in [1.165, 1.54) is 4.90 Å². The van der Waals surface area contributed by atoms with E-state index in [-0.39, 0.29) is 18.9 Å². The fourth-order valence-electron chi connectivity index (χ4n) is 2.84. The van der Waals surface area contributed by atoms with Crippen LogP contribution in [0.25, 0.3) is 0 Å². The second kappa shape index (κ2) is 7.44. The van der Waals surface area contributed by atoms with Crippen LogP contribution in [0.1, 0.15) is 50.5 Å². The average molecular weight is 321 g/mol. The molecule has 1 fully saturated rings. The summed E-state index contributed by atoms with van der Waals surface area (Å²) in [6.07, 6.45) is 1.66. The molecule has 126 valence electrons. The van der Waals surface area contributed by atoms with Crippen molar-refractivity contribution in [1.29, 1.82) is 0 Å². The number of carbonyl (C=O) groups is 3. The molecule has 2 heterocycles. The van der Waals surface area contributed by atoms with Crippen molar-refractivity contribution in [3.8, 4) is 0 Å². The van der Waals surface area contributed by atoms with Gasteiger partial charge in [-0.2, -0.15) is 0 Å². The molecule has 2 unspecified atom stereocenters. The van der Waals surface area contributed by atoms with E-state index in [4.69, 9.17) is 9.15 Å². The first-order chi connectivity index (χ1) is 11.0. The van der Waals surface area contributed by atoms with Crippen LogP contribution >= 0.6 is 0 Å². The van der Waals surface area contributed by atoms with Gasteiger partial charge in [-0.3, -0.25) is 19.3 Å². The topological polar surface area (TPSA) is 76.8 Å². The van der Waals surface area contributed by atoms with Crippen molar-refractivity contribution < 1.29 is 23.5 Å². The molecule has 0 N–H and O–H groups in total. The lowest BCUT2D eigenvalue weighted by Crippen LogP contribution is -2.51. The summed E-state index contributed by atoms with van der Waals surface area (Å²) >= 11 is 0. The Balaban J connectivity index is 2.32. The molecular formula is C17H23NO5. The summed E-state index contributed by atoms with van der Waals surface area (Å²) in [6.45, 7) is 5.99. The molecule has 2 rings (SSSR count). The van der Waals surface area contributed by atoms with E-state index in [0.29, 0.717) is 18.1 Å². The van der Waals surface area contributed by atoms with Gasteiger partial charge in [0.1, 0.15) is 17.4 Å². The van der Waals surface area contributed by atoms with Crippen LogP contribution in [0.3, 0.4) is 0 Å². The highest BCUT2D eigenvalue weighted by Gasteiger charge is 2.47. The van der Waals surface area contributed by atoms with Crippen LogP contribution in [0.4, 0.5) is 0 Å². The van der Waals surface area contributed by atoms with Crippen molar-refractivity contribution in [2.75, 3.05) is 13.2 Å². The Morgan fingerprint density at radius 3 is 2.65 bits per heavy atom. The number of nitrogens with zero attached hydrogens (tertiary/aromatic N) is 1. The number of unbranched alkanes of at least 4 members (excludes halogenated alkanes) is 1. The maximum Gasteiger partial charge on any atom is 0.319 e. The zero-order valence-corrected chi connectivity index (χ0v) is 13.8. The minimum Gasteiger partial charge on any atom is -0.466 e. The molecule has 0 aromatic carbocycles. The van der Waals surface area contributed by atoms with E-state index in [9.17, 15) is 14.4 Å². The second-order valence-electron chi connectivity index (χ2n) is 5.73. The Labute approximate surface area is 135 Å². The minimum absolute atomic E-state index is 0.0753. The van der Waals surface area contributed by atoms with Crippen LogP contribution < -0.4 is 0 Å².